The van der Waals surface area contributed by atoms with Crippen molar-refractivity contribution in [2.75, 3.05) is 39.3 Å². The van der Waals surface area contributed by atoms with Crippen LogP contribution in [0.25, 0.3) is 0 Å². The molecule has 1 aromatic rings. The predicted molar refractivity (Wildman–Crippen MR) is 129 cm³/mol. The molecule has 0 aromatic heterocycles. The van der Waals surface area contributed by atoms with Crippen LogP contribution >= 0.6 is 0 Å². The van der Waals surface area contributed by atoms with Crippen molar-refractivity contribution >= 4 is 11.8 Å². The van der Waals surface area contributed by atoms with E-state index in [1.807, 2.05) is 18.2 Å². The third-order valence-corrected chi connectivity index (χ3v) is 7.08. The van der Waals surface area contributed by atoms with Crippen LogP contribution in [0.3, 0.4) is 0 Å². The number of para-hydroxylation sites is 1. The van der Waals surface area contributed by atoms with Crippen molar-refractivity contribution in [1.29, 1.82) is 0 Å². The van der Waals surface area contributed by atoms with Gasteiger partial charge in [0.1, 0.15) is 17.9 Å². The molecule has 4 atom stereocenters. The molecule has 2 fully saturated rings. The van der Waals surface area contributed by atoms with Crippen LogP contribution in [-0.4, -0.2) is 90.4 Å². The summed E-state index contributed by atoms with van der Waals surface area (Å²) in [4.78, 5) is 31.0. The fourth-order valence-corrected chi connectivity index (χ4v) is 4.89. The van der Waals surface area contributed by atoms with Crippen LogP contribution in [0.4, 0.5) is 0 Å². The normalized spacial score (nSPS) is 29.4. The molecule has 0 unspecified atom stereocenters. The summed E-state index contributed by atoms with van der Waals surface area (Å²) in [5, 5.41) is 13.4. The lowest BCUT2D eigenvalue weighted by atomic mass is 9.92. The summed E-state index contributed by atoms with van der Waals surface area (Å²) in [6.07, 6.45) is 1.94. The number of carbonyl (C=O) groups excluding carboxylic acids is 2. The van der Waals surface area contributed by atoms with Gasteiger partial charge in [-0.2, -0.15) is 0 Å². The van der Waals surface area contributed by atoms with Gasteiger partial charge in [0.25, 0.3) is 5.91 Å². The standard InChI is InChI=1S/C26H39N3O5/c1-26(2,3)11-12-28-13-14-29-20(17-28)24(31)27-16-23-21(30)9-8-18(34-23)10-15-33-22-7-5-4-6-19(22)25(29)32/h4-7,18,20-21,23,30H,8-17H2,1-3H3,(H,27,31)/t18-,20-,21-,23+/m0/s1. The van der Waals surface area contributed by atoms with Gasteiger partial charge in [0.15, 0.2) is 0 Å². The van der Waals surface area contributed by atoms with Crippen molar-refractivity contribution in [3.8, 4) is 5.75 Å². The summed E-state index contributed by atoms with van der Waals surface area (Å²) >= 11 is 0. The summed E-state index contributed by atoms with van der Waals surface area (Å²) in [6.45, 7) is 9.83. The van der Waals surface area contributed by atoms with Crippen LogP contribution in [0, 0.1) is 5.41 Å². The smallest absolute Gasteiger partial charge is 0.258 e. The molecular formula is C26H39N3O5. The molecule has 188 valence electrons. The highest BCUT2D eigenvalue weighted by atomic mass is 16.5. The largest absolute Gasteiger partial charge is 0.493 e. The van der Waals surface area contributed by atoms with E-state index in [1.54, 1.807) is 11.0 Å². The third kappa shape index (κ3) is 6.09. The van der Waals surface area contributed by atoms with Crippen molar-refractivity contribution in [2.45, 2.75) is 70.8 Å². The molecule has 2 amide bonds. The molecule has 3 heterocycles. The maximum atomic E-state index is 13.6. The van der Waals surface area contributed by atoms with Crippen LogP contribution in [0.2, 0.25) is 0 Å². The molecule has 8 heteroatoms. The minimum absolute atomic E-state index is 0.0461. The zero-order valence-electron chi connectivity index (χ0n) is 20.7. The zero-order valence-corrected chi connectivity index (χ0v) is 20.7. The molecule has 0 aliphatic carbocycles. The second kappa shape index (κ2) is 10.6. The Bertz CT molecular complexity index is 870. The number of nitrogens with one attached hydrogen (secondary N) is 1. The topological polar surface area (TPSA) is 91.3 Å². The van der Waals surface area contributed by atoms with E-state index in [9.17, 15) is 14.7 Å². The molecule has 0 saturated carbocycles. The molecule has 2 saturated heterocycles. The minimum atomic E-state index is -0.617. The van der Waals surface area contributed by atoms with Gasteiger partial charge in [-0.25, -0.2) is 0 Å². The van der Waals surface area contributed by atoms with Gasteiger partial charge < -0.3 is 24.8 Å². The number of piperazine rings is 1. The molecule has 34 heavy (non-hydrogen) atoms. The maximum Gasteiger partial charge on any atom is 0.258 e. The van der Waals surface area contributed by atoms with Crippen molar-refractivity contribution in [1.82, 2.24) is 15.1 Å². The first-order chi connectivity index (χ1) is 16.2. The molecule has 1 aromatic carbocycles. The first-order valence-corrected chi connectivity index (χ1v) is 12.6. The van der Waals surface area contributed by atoms with E-state index >= 15 is 0 Å². The number of hydrogen-bond acceptors (Lipinski definition) is 6. The molecule has 2 bridgehead atoms. The van der Waals surface area contributed by atoms with Crippen molar-refractivity contribution in [3.05, 3.63) is 29.8 Å². The lowest BCUT2D eigenvalue weighted by Crippen LogP contribution is -2.61. The van der Waals surface area contributed by atoms with Crippen LogP contribution in [0.5, 0.6) is 5.75 Å². The Kier molecular flexibility index (Phi) is 7.80. The maximum absolute atomic E-state index is 13.6. The second-order valence-corrected chi connectivity index (χ2v) is 10.9. The molecule has 0 spiro atoms. The molecular weight excluding hydrogens is 434 g/mol. The minimum Gasteiger partial charge on any atom is -0.493 e. The average Bonchev–Trinajstić information content (AvgIpc) is 2.81. The second-order valence-electron chi connectivity index (χ2n) is 10.9. The van der Waals surface area contributed by atoms with Crippen LogP contribution in [-0.2, 0) is 9.53 Å². The summed E-state index contributed by atoms with van der Waals surface area (Å²) in [7, 11) is 0. The fourth-order valence-electron chi connectivity index (χ4n) is 4.89. The molecule has 0 radical (unpaired) electrons. The Labute approximate surface area is 202 Å². The fraction of sp³-hybridized carbons (Fsp3) is 0.692. The van der Waals surface area contributed by atoms with Gasteiger partial charge in [0.2, 0.25) is 5.91 Å². The van der Waals surface area contributed by atoms with E-state index in [4.69, 9.17) is 9.47 Å². The summed E-state index contributed by atoms with van der Waals surface area (Å²) in [6, 6.07) is 6.64. The van der Waals surface area contributed by atoms with Gasteiger partial charge in [-0.1, -0.05) is 32.9 Å². The van der Waals surface area contributed by atoms with Crippen molar-refractivity contribution < 1.29 is 24.2 Å². The number of hydrogen-bond donors (Lipinski definition) is 2. The highest BCUT2D eigenvalue weighted by molar-refractivity contribution is 6.00. The highest BCUT2D eigenvalue weighted by Gasteiger charge is 2.38. The number of aliphatic hydroxyl groups excluding tert-OH is 1. The van der Waals surface area contributed by atoms with E-state index in [2.05, 4.69) is 31.0 Å². The number of rotatable bonds is 2. The summed E-state index contributed by atoms with van der Waals surface area (Å²) in [5.41, 5.74) is 0.679. The number of nitrogens with zero attached hydrogens (tertiary/aromatic N) is 2. The number of amides is 2. The molecule has 2 N–H and O–H groups in total. The quantitative estimate of drug-likeness (QED) is 0.683. The van der Waals surface area contributed by atoms with E-state index < -0.39 is 18.2 Å². The summed E-state index contributed by atoms with van der Waals surface area (Å²) in [5.74, 6) is 0.147. The van der Waals surface area contributed by atoms with Crippen molar-refractivity contribution in [2.24, 2.45) is 5.41 Å². The SMILES string of the molecule is CC(C)(C)CCN1CCN2C(=O)c3ccccc3OCC[C@@H]3CC[C@H](O)[C@@H](CNC(=O)[C@@H]2C1)O3. The number of ether oxygens (including phenoxy) is 2. The Morgan fingerprint density at radius 3 is 2.71 bits per heavy atom. The van der Waals surface area contributed by atoms with E-state index in [0.29, 0.717) is 43.9 Å². The van der Waals surface area contributed by atoms with Crippen LogP contribution in [0.15, 0.2) is 24.3 Å². The average molecular weight is 474 g/mol. The van der Waals surface area contributed by atoms with Crippen molar-refractivity contribution in [3.63, 3.8) is 0 Å². The van der Waals surface area contributed by atoms with Gasteiger partial charge in [-0.05, 0) is 43.4 Å². The highest BCUT2D eigenvalue weighted by Crippen LogP contribution is 2.27. The van der Waals surface area contributed by atoms with E-state index in [0.717, 1.165) is 25.9 Å². The van der Waals surface area contributed by atoms with Crippen LogP contribution in [0.1, 0.15) is 56.8 Å². The number of benzene rings is 1. The monoisotopic (exact) mass is 473 g/mol. The summed E-state index contributed by atoms with van der Waals surface area (Å²) < 4.78 is 12.1. The van der Waals surface area contributed by atoms with Gasteiger partial charge in [-0.3, -0.25) is 14.5 Å². The Hall–Kier alpha value is -2.16. The Morgan fingerprint density at radius 2 is 1.91 bits per heavy atom. The molecule has 8 nitrogen and oxygen atoms in total. The van der Waals surface area contributed by atoms with Gasteiger partial charge in [-0.15, -0.1) is 0 Å². The molecule has 3 aliphatic rings. The number of carbonyl (C=O) groups is 2. The predicted octanol–water partition coefficient (Wildman–Crippen LogP) is 2.06. The Morgan fingerprint density at radius 1 is 1.12 bits per heavy atom. The molecule has 4 rings (SSSR count). The molecule has 3 aliphatic heterocycles. The van der Waals surface area contributed by atoms with Gasteiger partial charge in [0.05, 0.1) is 24.4 Å². The number of fused-ring (bicyclic) bond motifs is 4. The third-order valence-electron chi connectivity index (χ3n) is 7.08. The van der Waals surface area contributed by atoms with Crippen LogP contribution < -0.4 is 10.1 Å². The number of aliphatic hydroxyl groups is 1. The lowest BCUT2D eigenvalue weighted by Gasteiger charge is -2.42. The Balaban J connectivity index is 1.59. The van der Waals surface area contributed by atoms with Gasteiger partial charge >= 0.3 is 0 Å². The van der Waals surface area contributed by atoms with E-state index in [1.165, 1.54) is 0 Å². The first kappa shape index (κ1) is 24.9. The van der Waals surface area contributed by atoms with E-state index in [-0.39, 0.29) is 29.9 Å². The van der Waals surface area contributed by atoms with Gasteiger partial charge in [0, 0.05) is 32.6 Å². The zero-order chi connectivity index (χ0) is 24.3. The first-order valence-electron chi connectivity index (χ1n) is 12.6. The lowest BCUT2D eigenvalue weighted by molar-refractivity contribution is -0.135.